The molecule has 0 amide bonds. The van der Waals surface area contributed by atoms with Gasteiger partial charge in [0.2, 0.25) is 0 Å². The van der Waals surface area contributed by atoms with Gasteiger partial charge in [-0.05, 0) is 24.1 Å². The van der Waals surface area contributed by atoms with Crippen molar-refractivity contribution in [1.82, 2.24) is 19.7 Å². The lowest BCUT2D eigenvalue weighted by atomic mass is 9.99. The number of alkyl halides is 1. The molecule has 1 unspecified atom stereocenters. The van der Waals surface area contributed by atoms with Crippen molar-refractivity contribution in [2.24, 2.45) is 7.05 Å². The van der Waals surface area contributed by atoms with Gasteiger partial charge in [-0.3, -0.25) is 10.1 Å². The first-order chi connectivity index (χ1) is 13.0. The SMILES string of the molecule is Cn1cc(-c2ccc(N)c(C(=N)c3cc(N4CCC(F)C4)ncn3)c2)cn1. The second kappa shape index (κ2) is 6.79. The highest BCUT2D eigenvalue weighted by molar-refractivity contribution is 6.13. The molecule has 3 heterocycles. The Morgan fingerprint density at radius 1 is 1.26 bits per heavy atom. The molecule has 0 aliphatic carbocycles. The van der Waals surface area contributed by atoms with Crippen molar-refractivity contribution in [3.63, 3.8) is 0 Å². The van der Waals surface area contributed by atoms with Crippen molar-refractivity contribution in [2.45, 2.75) is 12.6 Å². The lowest BCUT2D eigenvalue weighted by Gasteiger charge is -2.17. The van der Waals surface area contributed by atoms with E-state index in [-0.39, 0.29) is 5.71 Å². The zero-order chi connectivity index (χ0) is 19.0. The van der Waals surface area contributed by atoms with Gasteiger partial charge >= 0.3 is 0 Å². The van der Waals surface area contributed by atoms with Crippen LogP contribution < -0.4 is 10.6 Å². The molecule has 1 fully saturated rings. The van der Waals surface area contributed by atoms with Crippen LogP contribution in [0.1, 0.15) is 17.7 Å². The molecule has 8 heteroatoms. The summed E-state index contributed by atoms with van der Waals surface area (Å²) in [4.78, 5) is 10.3. The maximum Gasteiger partial charge on any atom is 0.132 e. The molecule has 1 saturated heterocycles. The maximum absolute atomic E-state index is 13.5. The number of nitrogen functional groups attached to an aromatic ring is 1. The molecule has 7 nitrogen and oxygen atoms in total. The molecule has 1 aliphatic heterocycles. The molecule has 0 radical (unpaired) electrons. The van der Waals surface area contributed by atoms with Crippen LogP contribution >= 0.6 is 0 Å². The Hall–Kier alpha value is -3.29. The maximum atomic E-state index is 13.5. The molecule has 3 N–H and O–H groups in total. The number of halogens is 1. The number of nitrogens with one attached hydrogen (secondary N) is 1. The largest absolute Gasteiger partial charge is 0.398 e. The van der Waals surface area contributed by atoms with Gasteiger partial charge in [-0.15, -0.1) is 0 Å². The van der Waals surface area contributed by atoms with E-state index in [9.17, 15) is 4.39 Å². The topological polar surface area (TPSA) is 96.7 Å². The van der Waals surface area contributed by atoms with Gasteiger partial charge in [0.1, 0.15) is 18.3 Å². The summed E-state index contributed by atoms with van der Waals surface area (Å²) < 4.78 is 15.2. The van der Waals surface area contributed by atoms with E-state index >= 15 is 0 Å². The van der Waals surface area contributed by atoms with E-state index in [1.165, 1.54) is 6.33 Å². The smallest absolute Gasteiger partial charge is 0.132 e. The number of anilines is 2. The van der Waals surface area contributed by atoms with E-state index < -0.39 is 6.17 Å². The van der Waals surface area contributed by atoms with E-state index in [1.54, 1.807) is 23.0 Å². The summed E-state index contributed by atoms with van der Waals surface area (Å²) >= 11 is 0. The summed E-state index contributed by atoms with van der Waals surface area (Å²) in [7, 11) is 1.85. The summed E-state index contributed by atoms with van der Waals surface area (Å²) in [6.45, 7) is 0.937. The van der Waals surface area contributed by atoms with Gasteiger partial charge in [0, 0.05) is 42.7 Å². The van der Waals surface area contributed by atoms with Gasteiger partial charge in [-0.25, -0.2) is 14.4 Å². The molecule has 1 atom stereocenters. The monoisotopic (exact) mass is 365 g/mol. The van der Waals surface area contributed by atoms with Crippen molar-refractivity contribution < 1.29 is 4.39 Å². The van der Waals surface area contributed by atoms with Gasteiger partial charge in [0.15, 0.2) is 0 Å². The normalized spacial score (nSPS) is 16.7. The first-order valence-electron chi connectivity index (χ1n) is 8.70. The number of aryl methyl sites for hydroxylation is 1. The third-order valence-electron chi connectivity index (χ3n) is 4.72. The van der Waals surface area contributed by atoms with Gasteiger partial charge in [-0.1, -0.05) is 6.07 Å². The summed E-state index contributed by atoms with van der Waals surface area (Å²) in [6, 6.07) is 7.27. The van der Waals surface area contributed by atoms with Crippen molar-refractivity contribution in [3.05, 3.63) is 54.2 Å². The second-order valence-electron chi connectivity index (χ2n) is 6.67. The highest BCUT2D eigenvalue weighted by atomic mass is 19.1. The minimum atomic E-state index is -0.838. The lowest BCUT2D eigenvalue weighted by Crippen LogP contribution is -2.22. The van der Waals surface area contributed by atoms with Crippen LogP contribution in [0.3, 0.4) is 0 Å². The van der Waals surface area contributed by atoms with Crippen LogP contribution in [-0.4, -0.2) is 44.7 Å². The standard InChI is InChI=1S/C19H20FN7/c1-26-9-13(8-25-26)12-2-3-16(21)15(6-12)19(22)17-7-18(24-11-23-17)27-5-4-14(20)10-27/h2-3,6-9,11,14,22H,4-5,10,21H2,1H3. The van der Waals surface area contributed by atoms with Crippen LogP contribution in [0, 0.1) is 5.41 Å². The molecule has 27 heavy (non-hydrogen) atoms. The van der Waals surface area contributed by atoms with E-state index in [2.05, 4.69) is 15.1 Å². The van der Waals surface area contributed by atoms with Gasteiger partial charge in [0.05, 0.1) is 24.1 Å². The van der Waals surface area contributed by atoms with Crippen molar-refractivity contribution >= 4 is 17.2 Å². The Morgan fingerprint density at radius 3 is 2.81 bits per heavy atom. The molecule has 0 saturated carbocycles. The Morgan fingerprint density at radius 2 is 2.11 bits per heavy atom. The minimum absolute atomic E-state index is 0.206. The Kier molecular flexibility index (Phi) is 4.31. The Balaban J connectivity index is 1.66. The highest BCUT2D eigenvalue weighted by Gasteiger charge is 2.23. The van der Waals surface area contributed by atoms with Crippen molar-refractivity contribution in [3.8, 4) is 11.1 Å². The molecule has 1 aliphatic rings. The van der Waals surface area contributed by atoms with Gasteiger partial charge in [-0.2, -0.15) is 5.10 Å². The summed E-state index contributed by atoms with van der Waals surface area (Å²) in [5.74, 6) is 0.631. The van der Waals surface area contributed by atoms with E-state index in [0.717, 1.165) is 11.1 Å². The van der Waals surface area contributed by atoms with E-state index in [0.29, 0.717) is 42.3 Å². The number of rotatable bonds is 4. The first-order valence-corrected chi connectivity index (χ1v) is 8.70. The molecule has 2 aromatic heterocycles. The predicted molar refractivity (Wildman–Crippen MR) is 103 cm³/mol. The fourth-order valence-corrected chi connectivity index (χ4v) is 3.24. The van der Waals surface area contributed by atoms with Crippen molar-refractivity contribution in [2.75, 3.05) is 23.7 Å². The first kappa shape index (κ1) is 17.1. The van der Waals surface area contributed by atoms with Crippen LogP contribution in [-0.2, 0) is 7.05 Å². The summed E-state index contributed by atoms with van der Waals surface area (Å²) in [6.07, 6.45) is 4.74. The highest BCUT2D eigenvalue weighted by Crippen LogP contribution is 2.26. The zero-order valence-corrected chi connectivity index (χ0v) is 14.9. The zero-order valence-electron chi connectivity index (χ0n) is 14.9. The third kappa shape index (κ3) is 3.38. The van der Waals surface area contributed by atoms with Crippen LogP contribution in [0.15, 0.2) is 43.0 Å². The summed E-state index contributed by atoms with van der Waals surface area (Å²) in [5.41, 5.74) is 9.74. The molecule has 4 rings (SSSR count). The number of nitrogens with two attached hydrogens (primary N) is 1. The molecule has 3 aromatic rings. The molecule has 138 valence electrons. The fraction of sp³-hybridized carbons (Fsp3) is 0.263. The summed E-state index contributed by atoms with van der Waals surface area (Å²) in [5, 5.41) is 12.8. The van der Waals surface area contributed by atoms with E-state index in [1.807, 2.05) is 30.3 Å². The molecule has 1 aromatic carbocycles. The number of benzene rings is 1. The minimum Gasteiger partial charge on any atom is -0.398 e. The van der Waals surface area contributed by atoms with Crippen LogP contribution in [0.2, 0.25) is 0 Å². The fourth-order valence-electron chi connectivity index (χ4n) is 3.24. The number of hydrogen-bond acceptors (Lipinski definition) is 6. The lowest BCUT2D eigenvalue weighted by molar-refractivity contribution is 0.364. The quantitative estimate of drug-likeness (QED) is 0.547. The van der Waals surface area contributed by atoms with E-state index in [4.69, 9.17) is 11.1 Å². The number of aromatic nitrogens is 4. The molecule has 0 bridgehead atoms. The van der Waals surface area contributed by atoms with Crippen molar-refractivity contribution in [1.29, 1.82) is 5.41 Å². The van der Waals surface area contributed by atoms with Crippen LogP contribution in [0.4, 0.5) is 15.9 Å². The molecular weight excluding hydrogens is 345 g/mol. The molecule has 0 spiro atoms. The number of hydrogen-bond donors (Lipinski definition) is 2. The number of nitrogens with zero attached hydrogens (tertiary/aromatic N) is 5. The van der Waals surface area contributed by atoms with Crippen LogP contribution in [0.25, 0.3) is 11.1 Å². The van der Waals surface area contributed by atoms with Crippen LogP contribution in [0.5, 0.6) is 0 Å². The third-order valence-corrected chi connectivity index (χ3v) is 4.72. The average Bonchev–Trinajstić information content (AvgIpc) is 3.30. The second-order valence-corrected chi connectivity index (χ2v) is 6.67. The Labute approximate surface area is 156 Å². The Bertz CT molecular complexity index is 997. The van der Waals surface area contributed by atoms with Gasteiger partial charge < -0.3 is 10.6 Å². The molecular formula is C19H20FN7. The average molecular weight is 365 g/mol. The van der Waals surface area contributed by atoms with Gasteiger partial charge in [0.25, 0.3) is 0 Å². The predicted octanol–water partition coefficient (Wildman–Crippen LogP) is 2.42.